The van der Waals surface area contributed by atoms with Gasteiger partial charge in [0.15, 0.2) is 11.5 Å². The first-order valence-corrected chi connectivity index (χ1v) is 11.4. The second-order valence-corrected chi connectivity index (χ2v) is 8.32. The maximum absolute atomic E-state index is 12.9. The van der Waals surface area contributed by atoms with Gasteiger partial charge in [0.2, 0.25) is 0 Å². The summed E-state index contributed by atoms with van der Waals surface area (Å²) in [4.78, 5) is 27.0. The van der Waals surface area contributed by atoms with Crippen LogP contribution >= 0.6 is 0 Å². The molecule has 0 saturated carbocycles. The molecule has 1 aliphatic rings. The van der Waals surface area contributed by atoms with Gasteiger partial charge in [0, 0.05) is 36.9 Å². The summed E-state index contributed by atoms with van der Waals surface area (Å²) in [6.45, 7) is 7.04. The smallest absolute Gasteiger partial charge is 0.319 e. The fourth-order valence-electron chi connectivity index (χ4n) is 3.83. The summed E-state index contributed by atoms with van der Waals surface area (Å²) < 4.78 is 16.4. The molecule has 2 aromatic rings. The lowest BCUT2D eigenvalue weighted by Gasteiger charge is -2.35. The summed E-state index contributed by atoms with van der Waals surface area (Å²) in [5.74, 6) is 1.12. The molecule has 1 aliphatic heterocycles. The number of benzene rings is 2. The van der Waals surface area contributed by atoms with E-state index in [1.165, 1.54) is 0 Å². The highest BCUT2D eigenvalue weighted by molar-refractivity contribution is 5.95. The molecule has 0 bridgehead atoms. The Kier molecular flexibility index (Phi) is 9.12. The highest BCUT2D eigenvalue weighted by Crippen LogP contribution is 2.32. The van der Waals surface area contributed by atoms with Crippen LogP contribution in [0.5, 0.6) is 11.5 Å². The van der Waals surface area contributed by atoms with Crippen molar-refractivity contribution in [1.82, 2.24) is 15.5 Å². The van der Waals surface area contributed by atoms with Gasteiger partial charge in [0.1, 0.15) is 0 Å². The second-order valence-electron chi connectivity index (χ2n) is 8.32. The summed E-state index contributed by atoms with van der Waals surface area (Å²) in [6, 6.07) is 12.3. The van der Waals surface area contributed by atoms with E-state index in [1.54, 1.807) is 38.5 Å². The zero-order valence-corrected chi connectivity index (χ0v) is 20.2. The van der Waals surface area contributed by atoms with Crippen LogP contribution in [0.15, 0.2) is 42.5 Å². The van der Waals surface area contributed by atoms with Crippen LogP contribution in [-0.4, -0.2) is 69.9 Å². The number of hydrogen-bond acceptors (Lipinski definition) is 6. The van der Waals surface area contributed by atoms with Crippen LogP contribution in [-0.2, 0) is 4.74 Å². The Labute approximate surface area is 200 Å². The molecular formula is C25H34N4O5. The lowest BCUT2D eigenvalue weighted by molar-refractivity contribution is 0.0162. The van der Waals surface area contributed by atoms with Crippen molar-refractivity contribution in [2.24, 2.45) is 0 Å². The third-order valence-electron chi connectivity index (χ3n) is 5.56. The van der Waals surface area contributed by atoms with Crippen LogP contribution in [0, 0.1) is 0 Å². The molecule has 3 N–H and O–H groups in total. The van der Waals surface area contributed by atoms with E-state index in [-0.39, 0.29) is 24.0 Å². The van der Waals surface area contributed by atoms with Crippen molar-refractivity contribution in [1.29, 1.82) is 0 Å². The molecule has 3 amide bonds. The number of urea groups is 1. The number of nitrogens with one attached hydrogen (secondary N) is 3. The lowest BCUT2D eigenvalue weighted by Crippen LogP contribution is -2.43. The molecule has 1 fully saturated rings. The van der Waals surface area contributed by atoms with Crippen molar-refractivity contribution in [2.75, 3.05) is 52.4 Å². The Hall–Kier alpha value is -3.30. The summed E-state index contributed by atoms with van der Waals surface area (Å²) in [7, 11) is 3.22. The fraction of sp³-hybridized carbons (Fsp3) is 0.440. The van der Waals surface area contributed by atoms with Crippen molar-refractivity contribution in [2.45, 2.75) is 25.9 Å². The zero-order chi connectivity index (χ0) is 24.5. The van der Waals surface area contributed by atoms with Gasteiger partial charge in [-0.25, -0.2) is 4.79 Å². The van der Waals surface area contributed by atoms with Gasteiger partial charge in [-0.05, 0) is 55.8 Å². The minimum Gasteiger partial charge on any atom is -0.493 e. The van der Waals surface area contributed by atoms with E-state index in [1.807, 2.05) is 32.0 Å². The minimum atomic E-state index is -0.282. The first-order chi connectivity index (χ1) is 16.4. The standard InChI is InChI=1S/C25H34N4O5/c1-17(2)27-25(31)28-20-8-5-18(6-9-20)24(30)26-16-21(29-11-13-34-14-12-29)19-7-10-22(32-3)23(15-19)33-4/h5-10,15,17,21H,11-14,16H2,1-4H3,(H,26,30)(H2,27,28,31). The number of carbonyl (C=O) groups excluding carboxylic acids is 2. The van der Waals surface area contributed by atoms with Crippen LogP contribution in [0.1, 0.15) is 35.8 Å². The topological polar surface area (TPSA) is 101 Å². The quantitative estimate of drug-likeness (QED) is 0.521. The third kappa shape index (κ3) is 6.85. The predicted octanol–water partition coefficient (Wildman–Crippen LogP) is 3.04. The second kappa shape index (κ2) is 12.2. The Bertz CT molecular complexity index is 958. The van der Waals surface area contributed by atoms with Gasteiger partial charge >= 0.3 is 6.03 Å². The number of methoxy groups -OCH3 is 2. The fourth-order valence-corrected chi connectivity index (χ4v) is 3.83. The Morgan fingerprint density at radius 3 is 2.29 bits per heavy atom. The minimum absolute atomic E-state index is 0.0372. The van der Waals surface area contributed by atoms with Crippen molar-refractivity contribution in [3.8, 4) is 11.5 Å². The van der Waals surface area contributed by atoms with Gasteiger partial charge in [-0.3, -0.25) is 9.69 Å². The predicted molar refractivity (Wildman–Crippen MR) is 131 cm³/mol. The van der Waals surface area contributed by atoms with E-state index < -0.39 is 0 Å². The molecule has 1 atom stereocenters. The van der Waals surface area contributed by atoms with Crippen molar-refractivity contribution in [3.05, 3.63) is 53.6 Å². The van der Waals surface area contributed by atoms with E-state index in [2.05, 4.69) is 20.9 Å². The number of ether oxygens (including phenoxy) is 3. The average Bonchev–Trinajstić information content (AvgIpc) is 2.84. The monoisotopic (exact) mass is 470 g/mol. The maximum Gasteiger partial charge on any atom is 0.319 e. The van der Waals surface area contributed by atoms with Gasteiger partial charge in [0.05, 0.1) is 33.5 Å². The molecule has 0 spiro atoms. The van der Waals surface area contributed by atoms with E-state index in [0.29, 0.717) is 42.5 Å². The summed E-state index contributed by atoms with van der Waals surface area (Å²) in [6.07, 6.45) is 0. The number of anilines is 1. The molecule has 9 nitrogen and oxygen atoms in total. The number of hydrogen-bond donors (Lipinski definition) is 3. The normalized spacial score (nSPS) is 14.9. The number of amides is 3. The molecule has 184 valence electrons. The van der Waals surface area contributed by atoms with Gasteiger partial charge in [0.25, 0.3) is 5.91 Å². The summed E-state index contributed by atoms with van der Waals surface area (Å²) in [5.41, 5.74) is 2.16. The van der Waals surface area contributed by atoms with Crippen LogP contribution in [0.4, 0.5) is 10.5 Å². The van der Waals surface area contributed by atoms with E-state index >= 15 is 0 Å². The van der Waals surface area contributed by atoms with Crippen LogP contribution in [0.25, 0.3) is 0 Å². The molecular weight excluding hydrogens is 436 g/mol. The SMILES string of the molecule is COc1ccc(C(CNC(=O)c2ccc(NC(=O)NC(C)C)cc2)N2CCOCC2)cc1OC. The number of rotatable bonds is 9. The third-order valence-corrected chi connectivity index (χ3v) is 5.56. The summed E-state index contributed by atoms with van der Waals surface area (Å²) >= 11 is 0. The van der Waals surface area contributed by atoms with Gasteiger partial charge in [-0.15, -0.1) is 0 Å². The Morgan fingerprint density at radius 2 is 1.68 bits per heavy atom. The lowest BCUT2D eigenvalue weighted by atomic mass is 10.0. The molecule has 9 heteroatoms. The Balaban J connectivity index is 1.69. The largest absolute Gasteiger partial charge is 0.493 e. The van der Waals surface area contributed by atoms with Crippen LogP contribution in [0.3, 0.4) is 0 Å². The molecule has 0 aliphatic carbocycles. The van der Waals surface area contributed by atoms with Gasteiger partial charge in [-0.1, -0.05) is 6.07 Å². The molecule has 1 saturated heterocycles. The molecule has 1 unspecified atom stereocenters. The highest BCUT2D eigenvalue weighted by atomic mass is 16.5. The molecule has 3 rings (SSSR count). The van der Waals surface area contributed by atoms with E-state index in [0.717, 1.165) is 18.7 Å². The number of carbonyl (C=O) groups is 2. The first kappa shape index (κ1) is 25.3. The molecule has 2 aromatic carbocycles. The summed E-state index contributed by atoms with van der Waals surface area (Å²) in [5, 5.41) is 8.57. The highest BCUT2D eigenvalue weighted by Gasteiger charge is 2.24. The number of morpholine rings is 1. The molecule has 34 heavy (non-hydrogen) atoms. The van der Waals surface area contributed by atoms with E-state index in [4.69, 9.17) is 14.2 Å². The van der Waals surface area contributed by atoms with Crippen molar-refractivity contribution in [3.63, 3.8) is 0 Å². The Morgan fingerprint density at radius 1 is 1.00 bits per heavy atom. The number of nitrogens with zero attached hydrogens (tertiary/aromatic N) is 1. The first-order valence-electron chi connectivity index (χ1n) is 11.4. The van der Waals surface area contributed by atoms with E-state index in [9.17, 15) is 9.59 Å². The average molecular weight is 471 g/mol. The zero-order valence-electron chi connectivity index (χ0n) is 20.2. The van der Waals surface area contributed by atoms with Gasteiger partial charge in [-0.2, -0.15) is 0 Å². The molecule has 0 aromatic heterocycles. The maximum atomic E-state index is 12.9. The van der Waals surface area contributed by atoms with Gasteiger partial charge < -0.3 is 30.2 Å². The van der Waals surface area contributed by atoms with Crippen molar-refractivity contribution >= 4 is 17.6 Å². The van der Waals surface area contributed by atoms with Crippen LogP contribution in [0.2, 0.25) is 0 Å². The molecule has 1 heterocycles. The molecule has 0 radical (unpaired) electrons. The van der Waals surface area contributed by atoms with Crippen LogP contribution < -0.4 is 25.4 Å². The van der Waals surface area contributed by atoms with Crippen molar-refractivity contribution < 1.29 is 23.8 Å².